The average Bonchev–Trinajstić information content (AvgIpc) is 3.65. The summed E-state index contributed by atoms with van der Waals surface area (Å²) in [5.41, 5.74) is 1.33. The monoisotopic (exact) mass is 438 g/mol. The van der Waals surface area contributed by atoms with E-state index in [2.05, 4.69) is 30.5 Å². The Morgan fingerprint density at radius 1 is 1.19 bits per heavy atom. The van der Waals surface area contributed by atoms with Gasteiger partial charge in [0.05, 0.1) is 23.9 Å². The van der Waals surface area contributed by atoms with Crippen molar-refractivity contribution in [3.63, 3.8) is 0 Å². The van der Waals surface area contributed by atoms with Crippen LogP contribution in [0.3, 0.4) is 0 Å². The maximum absolute atomic E-state index is 14.4. The van der Waals surface area contributed by atoms with Crippen molar-refractivity contribution in [2.45, 2.75) is 43.8 Å². The average molecular weight is 438 g/mol. The molecule has 1 unspecified atom stereocenters. The molecule has 0 bridgehead atoms. The van der Waals surface area contributed by atoms with Gasteiger partial charge in [-0.2, -0.15) is 0 Å². The first-order chi connectivity index (χ1) is 15.2. The van der Waals surface area contributed by atoms with Crippen molar-refractivity contribution in [1.82, 2.24) is 34.6 Å². The molecule has 1 aliphatic heterocycles. The second kappa shape index (κ2) is 7.26. The molecule has 1 amide bonds. The second-order valence-electron chi connectivity index (χ2n) is 8.03. The standard InChI is InChI=1S/C20H19FN8OS/c21-13-6-22-14(5-16(13)28-7-15(23-9-28)11-1-2-11)19(30)25-17-8-31-20(26-17)18-27-24-10-29(18)12-3-4-12/h5-7,9-12,17H,1-4,8H2,(H,25,30). The summed E-state index contributed by atoms with van der Waals surface area (Å²) < 4.78 is 18.0. The summed E-state index contributed by atoms with van der Waals surface area (Å²) in [4.78, 5) is 25.7. The van der Waals surface area contributed by atoms with Crippen molar-refractivity contribution in [1.29, 1.82) is 0 Å². The van der Waals surface area contributed by atoms with Gasteiger partial charge < -0.3 is 14.5 Å². The van der Waals surface area contributed by atoms with Gasteiger partial charge in [-0.15, -0.1) is 10.2 Å². The van der Waals surface area contributed by atoms with E-state index in [4.69, 9.17) is 0 Å². The lowest BCUT2D eigenvalue weighted by Crippen LogP contribution is -2.34. The minimum absolute atomic E-state index is 0.132. The van der Waals surface area contributed by atoms with Crippen LogP contribution < -0.4 is 5.32 Å². The fourth-order valence-corrected chi connectivity index (χ4v) is 4.57. The first kappa shape index (κ1) is 18.7. The van der Waals surface area contributed by atoms with E-state index in [9.17, 15) is 9.18 Å². The van der Waals surface area contributed by atoms with Crippen molar-refractivity contribution < 1.29 is 9.18 Å². The molecule has 0 saturated heterocycles. The van der Waals surface area contributed by atoms with Crippen LogP contribution in [-0.4, -0.2) is 52.2 Å². The molecular formula is C20H19FN8OS. The highest BCUT2D eigenvalue weighted by atomic mass is 32.2. The smallest absolute Gasteiger partial charge is 0.271 e. The highest BCUT2D eigenvalue weighted by molar-refractivity contribution is 8.14. The number of halogens is 1. The summed E-state index contributed by atoms with van der Waals surface area (Å²) in [5.74, 6) is 0.902. The Bertz CT molecular complexity index is 1200. The van der Waals surface area contributed by atoms with E-state index < -0.39 is 17.9 Å². The summed E-state index contributed by atoms with van der Waals surface area (Å²) in [6.07, 6.45) is 10.3. The van der Waals surface area contributed by atoms with Crippen molar-refractivity contribution in [3.05, 3.63) is 54.1 Å². The van der Waals surface area contributed by atoms with Gasteiger partial charge in [0.15, 0.2) is 11.6 Å². The normalized spacial score (nSPS) is 20.7. The molecule has 6 rings (SSSR count). The molecule has 0 aromatic carbocycles. The van der Waals surface area contributed by atoms with Crippen LogP contribution in [0, 0.1) is 5.82 Å². The van der Waals surface area contributed by atoms with Crippen LogP contribution in [0.15, 0.2) is 36.1 Å². The largest absolute Gasteiger partial charge is 0.328 e. The SMILES string of the molecule is O=C(NC1CSC(c2nncn2C2CC2)=N1)c1cc(-n2cnc(C3CC3)c2)c(F)cn1. The van der Waals surface area contributed by atoms with Gasteiger partial charge in [0, 0.05) is 23.9 Å². The predicted octanol–water partition coefficient (Wildman–Crippen LogP) is 2.46. The lowest BCUT2D eigenvalue weighted by Gasteiger charge is -2.10. The number of aliphatic imine (C=N–C) groups is 1. The number of hydrogen-bond donors (Lipinski definition) is 1. The lowest BCUT2D eigenvalue weighted by atomic mass is 10.2. The maximum Gasteiger partial charge on any atom is 0.271 e. The molecule has 3 aliphatic rings. The van der Waals surface area contributed by atoms with Crippen LogP contribution in [0.25, 0.3) is 5.69 Å². The van der Waals surface area contributed by atoms with Gasteiger partial charge in [0.1, 0.15) is 23.2 Å². The molecule has 1 atom stereocenters. The summed E-state index contributed by atoms with van der Waals surface area (Å²) in [6, 6.07) is 1.90. The number of carbonyl (C=O) groups is 1. The Kier molecular flexibility index (Phi) is 4.37. The van der Waals surface area contributed by atoms with Gasteiger partial charge in [-0.25, -0.2) is 19.4 Å². The van der Waals surface area contributed by atoms with E-state index in [0.717, 1.165) is 48.4 Å². The number of nitrogens with zero attached hydrogens (tertiary/aromatic N) is 7. The van der Waals surface area contributed by atoms with E-state index in [-0.39, 0.29) is 11.4 Å². The van der Waals surface area contributed by atoms with Crippen LogP contribution in [0.2, 0.25) is 0 Å². The van der Waals surface area contributed by atoms with E-state index in [0.29, 0.717) is 17.7 Å². The number of rotatable bonds is 6. The Balaban J connectivity index is 1.19. The first-order valence-electron chi connectivity index (χ1n) is 10.3. The van der Waals surface area contributed by atoms with Crippen LogP contribution in [0.5, 0.6) is 0 Å². The fraction of sp³-hybridized carbons (Fsp3) is 0.400. The number of hydrogen-bond acceptors (Lipinski definition) is 7. The van der Waals surface area contributed by atoms with E-state index in [1.54, 1.807) is 17.2 Å². The zero-order valence-corrected chi connectivity index (χ0v) is 17.3. The van der Waals surface area contributed by atoms with Crippen molar-refractivity contribution >= 4 is 22.7 Å². The third-order valence-corrected chi connectivity index (χ3v) is 6.64. The molecule has 0 radical (unpaired) electrons. The second-order valence-corrected chi connectivity index (χ2v) is 9.04. The van der Waals surface area contributed by atoms with Gasteiger partial charge in [0.2, 0.25) is 0 Å². The molecule has 31 heavy (non-hydrogen) atoms. The van der Waals surface area contributed by atoms with E-state index in [1.165, 1.54) is 17.8 Å². The topological polar surface area (TPSA) is 103 Å². The number of pyridine rings is 1. The fourth-order valence-electron chi connectivity index (χ4n) is 3.62. The molecule has 3 aromatic heterocycles. The lowest BCUT2D eigenvalue weighted by molar-refractivity contribution is 0.0937. The number of imidazole rings is 1. The highest BCUT2D eigenvalue weighted by Crippen LogP contribution is 2.39. The summed E-state index contributed by atoms with van der Waals surface area (Å²) in [7, 11) is 0. The molecule has 0 spiro atoms. The third kappa shape index (κ3) is 3.62. The van der Waals surface area contributed by atoms with Crippen molar-refractivity contribution in [2.24, 2.45) is 4.99 Å². The summed E-state index contributed by atoms with van der Waals surface area (Å²) in [5, 5.41) is 11.8. The molecular weight excluding hydrogens is 419 g/mol. The van der Waals surface area contributed by atoms with Gasteiger partial charge in [-0.1, -0.05) is 11.8 Å². The summed E-state index contributed by atoms with van der Waals surface area (Å²) >= 11 is 1.54. The maximum atomic E-state index is 14.4. The molecule has 158 valence electrons. The molecule has 2 aliphatic carbocycles. The van der Waals surface area contributed by atoms with Crippen molar-refractivity contribution in [3.8, 4) is 5.69 Å². The number of carbonyl (C=O) groups excluding carboxylic acids is 1. The quantitative estimate of drug-likeness (QED) is 0.634. The predicted molar refractivity (Wildman–Crippen MR) is 112 cm³/mol. The number of aromatic nitrogens is 6. The number of thioether (sulfide) groups is 1. The third-order valence-electron chi connectivity index (χ3n) is 5.60. The molecule has 9 nitrogen and oxygen atoms in total. The Morgan fingerprint density at radius 2 is 2.06 bits per heavy atom. The first-order valence-corrected chi connectivity index (χ1v) is 11.3. The highest BCUT2D eigenvalue weighted by Gasteiger charge is 2.31. The van der Waals surface area contributed by atoms with Gasteiger partial charge in [-0.3, -0.25) is 4.79 Å². The van der Waals surface area contributed by atoms with Gasteiger partial charge in [0.25, 0.3) is 5.91 Å². The zero-order valence-electron chi connectivity index (χ0n) is 16.5. The van der Waals surface area contributed by atoms with E-state index in [1.807, 2.05) is 10.8 Å². The van der Waals surface area contributed by atoms with Gasteiger partial charge >= 0.3 is 0 Å². The van der Waals surface area contributed by atoms with Crippen LogP contribution in [0.1, 0.15) is 59.6 Å². The Morgan fingerprint density at radius 3 is 2.87 bits per heavy atom. The summed E-state index contributed by atoms with van der Waals surface area (Å²) in [6.45, 7) is 0. The number of amides is 1. The Labute approximate surface area is 181 Å². The van der Waals surface area contributed by atoms with Gasteiger partial charge in [-0.05, 0) is 31.7 Å². The molecule has 2 fully saturated rings. The molecule has 11 heteroatoms. The zero-order chi connectivity index (χ0) is 20.9. The Hall–Kier alpha value is -3.08. The van der Waals surface area contributed by atoms with E-state index >= 15 is 0 Å². The minimum Gasteiger partial charge on any atom is -0.328 e. The van der Waals surface area contributed by atoms with Crippen LogP contribution >= 0.6 is 11.8 Å². The minimum atomic E-state index is -0.507. The molecule has 4 heterocycles. The molecule has 2 saturated carbocycles. The molecule has 1 N–H and O–H groups in total. The van der Waals surface area contributed by atoms with Crippen LogP contribution in [-0.2, 0) is 0 Å². The van der Waals surface area contributed by atoms with Crippen LogP contribution in [0.4, 0.5) is 4.39 Å². The number of nitrogens with one attached hydrogen (secondary N) is 1. The molecule has 3 aromatic rings. The van der Waals surface area contributed by atoms with Crippen molar-refractivity contribution in [2.75, 3.05) is 5.75 Å².